The molecular formula is C17H29N3O5. The maximum Gasteiger partial charge on any atom is 0.325 e. The summed E-state index contributed by atoms with van der Waals surface area (Å²) in [6.45, 7) is 2.21. The second-order valence-electron chi connectivity index (χ2n) is 6.65. The Morgan fingerprint density at radius 3 is 2.32 bits per heavy atom. The minimum Gasteiger partial charge on any atom is -0.383 e. The van der Waals surface area contributed by atoms with Gasteiger partial charge in [-0.25, -0.2) is 4.79 Å². The standard InChI is InChI=1S/C17H29N3O5/c1-24-12-10-19(11-13-25-2)14(21)6-5-9-20-15(22)17(18-16(20)23)7-3-4-8-17/h3-13H2,1-2H3,(H,18,23). The first-order valence-electron chi connectivity index (χ1n) is 8.94. The van der Waals surface area contributed by atoms with Gasteiger partial charge in [0.05, 0.1) is 13.2 Å². The van der Waals surface area contributed by atoms with Crippen LogP contribution in [-0.4, -0.2) is 80.3 Å². The first-order valence-corrected chi connectivity index (χ1v) is 8.94. The Hall–Kier alpha value is -1.67. The van der Waals surface area contributed by atoms with E-state index in [2.05, 4.69) is 5.32 Å². The number of carbonyl (C=O) groups excluding carboxylic acids is 3. The maximum absolute atomic E-state index is 12.5. The molecule has 1 heterocycles. The molecule has 8 heteroatoms. The molecule has 142 valence electrons. The van der Waals surface area contributed by atoms with Gasteiger partial charge < -0.3 is 19.7 Å². The number of methoxy groups -OCH3 is 2. The Kier molecular flexibility index (Phi) is 7.19. The normalized spacial score (nSPS) is 18.9. The number of rotatable bonds is 10. The highest BCUT2D eigenvalue weighted by molar-refractivity contribution is 6.07. The van der Waals surface area contributed by atoms with E-state index in [0.717, 1.165) is 25.7 Å². The van der Waals surface area contributed by atoms with Gasteiger partial charge in [-0.2, -0.15) is 0 Å². The van der Waals surface area contributed by atoms with Gasteiger partial charge in [0.25, 0.3) is 5.91 Å². The van der Waals surface area contributed by atoms with Crippen LogP contribution in [0.2, 0.25) is 0 Å². The van der Waals surface area contributed by atoms with Crippen molar-refractivity contribution in [2.24, 2.45) is 0 Å². The van der Waals surface area contributed by atoms with Gasteiger partial charge in [-0.1, -0.05) is 12.8 Å². The van der Waals surface area contributed by atoms with Crippen LogP contribution in [-0.2, 0) is 19.1 Å². The van der Waals surface area contributed by atoms with Crippen molar-refractivity contribution in [2.45, 2.75) is 44.1 Å². The number of carbonyl (C=O) groups is 3. The molecule has 8 nitrogen and oxygen atoms in total. The van der Waals surface area contributed by atoms with E-state index >= 15 is 0 Å². The summed E-state index contributed by atoms with van der Waals surface area (Å²) < 4.78 is 10.1. The molecule has 1 aliphatic carbocycles. The third kappa shape index (κ3) is 4.70. The van der Waals surface area contributed by atoms with Crippen molar-refractivity contribution in [1.82, 2.24) is 15.1 Å². The molecule has 25 heavy (non-hydrogen) atoms. The van der Waals surface area contributed by atoms with Crippen LogP contribution in [0.3, 0.4) is 0 Å². The van der Waals surface area contributed by atoms with Crippen LogP contribution in [0, 0.1) is 0 Å². The lowest BCUT2D eigenvalue weighted by molar-refractivity contribution is -0.134. The average Bonchev–Trinajstić information content (AvgIpc) is 3.15. The fourth-order valence-corrected chi connectivity index (χ4v) is 3.51. The maximum atomic E-state index is 12.5. The molecule has 2 aliphatic rings. The molecule has 0 atom stereocenters. The van der Waals surface area contributed by atoms with Crippen LogP contribution < -0.4 is 5.32 Å². The molecule has 1 spiro atoms. The van der Waals surface area contributed by atoms with Gasteiger partial charge in [0.2, 0.25) is 5.91 Å². The lowest BCUT2D eigenvalue weighted by Crippen LogP contribution is -2.44. The van der Waals surface area contributed by atoms with E-state index in [1.807, 2.05) is 0 Å². The molecule has 2 rings (SSSR count). The molecule has 1 aliphatic heterocycles. The molecule has 0 aromatic heterocycles. The monoisotopic (exact) mass is 355 g/mol. The van der Waals surface area contributed by atoms with Crippen molar-refractivity contribution in [1.29, 1.82) is 0 Å². The molecule has 0 radical (unpaired) electrons. The van der Waals surface area contributed by atoms with Crippen molar-refractivity contribution in [2.75, 3.05) is 47.1 Å². The van der Waals surface area contributed by atoms with Crippen LogP contribution in [0.1, 0.15) is 38.5 Å². The molecular weight excluding hydrogens is 326 g/mol. The molecule has 0 bridgehead atoms. The highest BCUT2D eigenvalue weighted by atomic mass is 16.5. The summed E-state index contributed by atoms with van der Waals surface area (Å²) in [6, 6.07) is -0.324. The number of urea groups is 1. The van der Waals surface area contributed by atoms with Crippen LogP contribution in [0.25, 0.3) is 0 Å². The topological polar surface area (TPSA) is 88.2 Å². The summed E-state index contributed by atoms with van der Waals surface area (Å²) in [5.74, 6) is -0.144. The van der Waals surface area contributed by atoms with Gasteiger partial charge in [-0.15, -0.1) is 0 Å². The van der Waals surface area contributed by atoms with Gasteiger partial charge in [0.1, 0.15) is 5.54 Å². The molecule has 1 saturated carbocycles. The highest BCUT2D eigenvalue weighted by Crippen LogP contribution is 2.35. The number of imide groups is 1. The number of ether oxygens (including phenoxy) is 2. The molecule has 1 N–H and O–H groups in total. The SMILES string of the molecule is COCCN(CCOC)C(=O)CCCN1C(=O)NC2(CCCC2)C1=O. The summed E-state index contributed by atoms with van der Waals surface area (Å²) in [5, 5.41) is 2.85. The van der Waals surface area contributed by atoms with E-state index in [4.69, 9.17) is 9.47 Å². The summed E-state index contributed by atoms with van der Waals surface area (Å²) in [4.78, 5) is 40.0. The zero-order valence-electron chi connectivity index (χ0n) is 15.2. The second kappa shape index (κ2) is 9.15. The summed E-state index contributed by atoms with van der Waals surface area (Å²) >= 11 is 0. The first-order chi connectivity index (χ1) is 12.0. The van der Waals surface area contributed by atoms with E-state index in [-0.39, 0.29) is 30.8 Å². The predicted molar refractivity (Wildman–Crippen MR) is 91.0 cm³/mol. The minimum atomic E-state index is -0.677. The van der Waals surface area contributed by atoms with Crippen molar-refractivity contribution in [3.8, 4) is 0 Å². The third-order valence-electron chi connectivity index (χ3n) is 4.96. The van der Waals surface area contributed by atoms with E-state index in [0.29, 0.717) is 32.7 Å². The quantitative estimate of drug-likeness (QED) is 0.584. The number of nitrogens with zero attached hydrogens (tertiary/aromatic N) is 2. The Morgan fingerprint density at radius 2 is 1.76 bits per heavy atom. The molecule has 0 aromatic carbocycles. The van der Waals surface area contributed by atoms with Crippen LogP contribution in [0.4, 0.5) is 4.79 Å². The summed E-state index contributed by atoms with van der Waals surface area (Å²) in [6.07, 6.45) is 4.12. The van der Waals surface area contributed by atoms with E-state index in [1.54, 1.807) is 19.1 Å². The van der Waals surface area contributed by atoms with Crippen LogP contribution >= 0.6 is 0 Å². The molecule has 0 aromatic rings. The van der Waals surface area contributed by atoms with E-state index < -0.39 is 5.54 Å². The largest absolute Gasteiger partial charge is 0.383 e. The molecule has 2 fully saturated rings. The Bertz CT molecular complexity index is 483. The van der Waals surface area contributed by atoms with E-state index in [9.17, 15) is 14.4 Å². The van der Waals surface area contributed by atoms with Crippen LogP contribution in [0.5, 0.6) is 0 Å². The number of hydrogen-bond donors (Lipinski definition) is 1. The van der Waals surface area contributed by atoms with Crippen LogP contribution in [0.15, 0.2) is 0 Å². The predicted octanol–water partition coefficient (Wildman–Crippen LogP) is 0.753. The summed E-state index contributed by atoms with van der Waals surface area (Å²) in [7, 11) is 3.19. The smallest absolute Gasteiger partial charge is 0.325 e. The fourth-order valence-electron chi connectivity index (χ4n) is 3.51. The molecule has 4 amide bonds. The second-order valence-corrected chi connectivity index (χ2v) is 6.65. The first kappa shape index (κ1) is 19.7. The third-order valence-corrected chi connectivity index (χ3v) is 4.96. The van der Waals surface area contributed by atoms with E-state index in [1.165, 1.54) is 4.90 Å². The Balaban J connectivity index is 1.81. The zero-order chi connectivity index (χ0) is 18.3. The van der Waals surface area contributed by atoms with Crippen molar-refractivity contribution < 1.29 is 23.9 Å². The van der Waals surface area contributed by atoms with Gasteiger partial charge in [0.15, 0.2) is 0 Å². The van der Waals surface area contributed by atoms with Gasteiger partial charge in [-0.3, -0.25) is 14.5 Å². The highest BCUT2D eigenvalue weighted by Gasteiger charge is 2.52. The Morgan fingerprint density at radius 1 is 1.16 bits per heavy atom. The minimum absolute atomic E-state index is 0.0169. The fraction of sp³-hybridized carbons (Fsp3) is 0.824. The van der Waals surface area contributed by atoms with Crippen molar-refractivity contribution in [3.05, 3.63) is 0 Å². The number of nitrogens with one attached hydrogen (secondary N) is 1. The number of amides is 4. The van der Waals surface area contributed by atoms with Gasteiger partial charge >= 0.3 is 6.03 Å². The van der Waals surface area contributed by atoms with Gasteiger partial charge in [0, 0.05) is 40.3 Å². The molecule has 0 unspecified atom stereocenters. The lowest BCUT2D eigenvalue weighted by atomic mass is 9.98. The van der Waals surface area contributed by atoms with Crippen molar-refractivity contribution >= 4 is 17.8 Å². The zero-order valence-corrected chi connectivity index (χ0v) is 15.2. The average molecular weight is 355 g/mol. The molecule has 1 saturated heterocycles. The van der Waals surface area contributed by atoms with Gasteiger partial charge in [-0.05, 0) is 19.3 Å². The number of hydrogen-bond acceptors (Lipinski definition) is 5. The summed E-state index contributed by atoms with van der Waals surface area (Å²) in [5.41, 5.74) is -0.677. The lowest BCUT2D eigenvalue weighted by Gasteiger charge is -2.23. The Labute approximate surface area is 148 Å². The van der Waals surface area contributed by atoms with Crippen molar-refractivity contribution in [3.63, 3.8) is 0 Å².